The number of rotatable bonds is 26. The van der Waals surface area contributed by atoms with E-state index in [4.69, 9.17) is 4.18 Å². The fourth-order valence-corrected chi connectivity index (χ4v) is 4.62. The number of hydrogen-bond acceptors (Lipinski definition) is 3. The molecule has 0 aliphatic heterocycles. The first-order valence-corrected chi connectivity index (χ1v) is 17.3. The smallest absolute Gasteiger partial charge is 0.377 e. The zero-order chi connectivity index (χ0) is 30.9. The van der Waals surface area contributed by atoms with E-state index in [9.17, 15) is 36.2 Å². The average Bonchev–Trinajstić information content (AvgIpc) is 2.88. The molecule has 10 heteroatoms. The van der Waals surface area contributed by atoms with Gasteiger partial charge in [0, 0.05) is 6.42 Å². The van der Waals surface area contributed by atoms with Gasteiger partial charge in [-0.3, -0.25) is 0 Å². The first kappa shape index (κ1) is 41.5. The minimum absolute atomic E-state index is 0.166. The maximum atomic E-state index is 13.0. The molecule has 0 spiro atoms. The lowest BCUT2D eigenvalue weighted by Crippen LogP contribution is -2.61. The Bertz CT molecular complexity index is 592. The highest BCUT2D eigenvalue weighted by molar-refractivity contribution is 7.90. The summed E-state index contributed by atoms with van der Waals surface area (Å²) in [6.45, 7) is 5.01. The molecule has 0 aliphatic carbocycles. The van der Waals surface area contributed by atoms with E-state index in [2.05, 4.69) is 19.4 Å². The maximum Gasteiger partial charge on any atom is 0.377 e. The van der Waals surface area contributed by atoms with Gasteiger partial charge in [0.15, 0.2) is 0 Å². The summed E-state index contributed by atoms with van der Waals surface area (Å²) in [6, 6.07) is 0. The van der Waals surface area contributed by atoms with E-state index in [1.807, 2.05) is 0 Å². The second kappa shape index (κ2) is 24.9. The lowest BCUT2D eigenvalue weighted by Gasteiger charge is -2.33. The van der Waals surface area contributed by atoms with Crippen LogP contribution in [0.5, 0.6) is 0 Å². The topological polar surface area (TPSA) is 49.4 Å². The number of carbonyl (C=O) groups is 1. The molecule has 0 aromatic heterocycles. The van der Waals surface area contributed by atoms with Gasteiger partial charge in [0.2, 0.25) is 0 Å². The molecule has 0 bridgehead atoms. The predicted octanol–water partition coefficient (Wildman–Crippen LogP) is 9.67. The van der Waals surface area contributed by atoms with Crippen molar-refractivity contribution < 1.29 is 40.4 Å². The monoisotopic (exact) mass is 610 g/mol. The lowest BCUT2D eigenvalue weighted by atomic mass is 9.98. The molecule has 0 N–H and O–H groups in total. The second-order valence-electron chi connectivity index (χ2n) is 10.8. The molecule has 0 aromatic rings. The highest BCUT2D eigenvalue weighted by Crippen LogP contribution is 2.47. The molecular weight excluding hydrogens is 554 g/mol. The largest absolute Gasteiger partial charge is 0.544 e. The van der Waals surface area contributed by atoms with Crippen LogP contribution >= 0.6 is 0 Å². The fourth-order valence-electron chi connectivity index (χ4n) is 4.16. The van der Waals surface area contributed by atoms with Crippen molar-refractivity contribution >= 4 is 17.1 Å². The van der Waals surface area contributed by atoms with Crippen LogP contribution in [0.15, 0.2) is 0 Å². The number of unbranched alkanes of at least 4 members (excludes halogenated alkanes) is 18. The minimum atomic E-state index is -5.97. The number of alkyl halides is 6. The zero-order valence-corrected chi connectivity index (χ0v) is 26.3. The van der Waals surface area contributed by atoms with E-state index < -0.39 is 30.2 Å². The van der Waals surface area contributed by atoms with Crippen LogP contribution in [-0.2, 0) is 20.2 Å². The van der Waals surface area contributed by atoms with Crippen LogP contribution in [0.2, 0.25) is 0 Å². The summed E-state index contributed by atoms with van der Waals surface area (Å²) in [7, 11) is 0. The van der Waals surface area contributed by atoms with E-state index in [-0.39, 0.29) is 24.0 Å². The highest BCUT2D eigenvalue weighted by atomic mass is 32.2. The normalized spacial score (nSPS) is 12.5. The molecule has 0 aliphatic rings. The Balaban J connectivity index is 0. The molecular formula is C30H56F6O3S. The lowest BCUT2D eigenvalue weighted by molar-refractivity contribution is -0.370. The van der Waals surface area contributed by atoms with Crippen molar-refractivity contribution in [3.8, 4) is 0 Å². The van der Waals surface area contributed by atoms with Crippen molar-refractivity contribution in [1.82, 2.24) is 0 Å². The Morgan fingerprint density at radius 1 is 0.600 bits per heavy atom. The molecule has 0 unspecified atom stereocenters. The van der Waals surface area contributed by atoms with Gasteiger partial charge in [-0.2, -0.15) is 30.5 Å². The summed E-state index contributed by atoms with van der Waals surface area (Å²) in [5.74, 6) is -20.5. The molecule has 0 heterocycles. The molecule has 242 valence electrons. The second-order valence-corrected chi connectivity index (χ2v) is 12.5. The molecule has 0 amide bonds. The molecule has 0 saturated heterocycles. The first-order valence-electron chi connectivity index (χ1n) is 15.3. The third-order valence-corrected chi connectivity index (χ3v) is 7.41. The standard InChI is InChI=1S/C20H43OS.C10H14F6O2/c1-4-5-6-7-8-9-10-11-12-13-14-15-16-17-18-19-20-21-22(2)3;1-2-3-4-5-6-8(11,12)10(15,16)9(13,14)7(17)18/h4-20H2,1-3H3;2-6H2,1H3,(H,17,18)/q+1;/p-1. The molecule has 0 saturated carbocycles. The van der Waals surface area contributed by atoms with Gasteiger partial charge in [-0.25, -0.2) is 0 Å². The van der Waals surface area contributed by atoms with Crippen LogP contribution in [0.25, 0.3) is 0 Å². The Hall–Kier alpha value is -0.640. The average molecular weight is 611 g/mol. The molecule has 0 fully saturated rings. The summed E-state index contributed by atoms with van der Waals surface area (Å²) in [5.41, 5.74) is 0. The van der Waals surface area contributed by atoms with Crippen molar-refractivity contribution in [1.29, 1.82) is 0 Å². The van der Waals surface area contributed by atoms with Crippen LogP contribution in [0.3, 0.4) is 0 Å². The van der Waals surface area contributed by atoms with E-state index in [1.165, 1.54) is 103 Å². The number of halogens is 6. The van der Waals surface area contributed by atoms with Gasteiger partial charge >= 0.3 is 17.8 Å². The Kier molecular flexibility index (Phi) is 25.8. The molecule has 0 rings (SSSR count). The SMILES string of the molecule is CCCCCCC(F)(F)C(F)(F)C(F)(F)C(=O)[O-].CCCCCCCCCCCCCCCCCCO[S+](C)C. The van der Waals surface area contributed by atoms with Gasteiger partial charge in [0.05, 0.1) is 0 Å². The van der Waals surface area contributed by atoms with Crippen molar-refractivity contribution in [2.45, 2.75) is 166 Å². The van der Waals surface area contributed by atoms with Gasteiger partial charge in [0.1, 0.15) is 36.3 Å². The third-order valence-electron chi connectivity index (χ3n) is 6.77. The summed E-state index contributed by atoms with van der Waals surface area (Å²) < 4.78 is 82.2. The van der Waals surface area contributed by atoms with E-state index in [0.717, 1.165) is 6.61 Å². The van der Waals surface area contributed by atoms with Gasteiger partial charge < -0.3 is 9.90 Å². The number of carboxylic acid groups (broad SMARTS) is 1. The van der Waals surface area contributed by atoms with Gasteiger partial charge in [-0.1, -0.05) is 129 Å². The molecule has 0 atom stereocenters. The number of aliphatic carboxylic acids is 1. The minimum Gasteiger partial charge on any atom is -0.544 e. The number of hydrogen-bond donors (Lipinski definition) is 0. The van der Waals surface area contributed by atoms with Crippen LogP contribution in [0, 0.1) is 0 Å². The van der Waals surface area contributed by atoms with E-state index in [1.54, 1.807) is 6.92 Å². The molecule has 0 radical (unpaired) electrons. The maximum absolute atomic E-state index is 13.0. The summed E-state index contributed by atoms with van der Waals surface area (Å²) in [5, 5.41) is 9.82. The van der Waals surface area contributed by atoms with Crippen LogP contribution < -0.4 is 5.11 Å². The van der Waals surface area contributed by atoms with Gasteiger partial charge in [0.25, 0.3) is 0 Å². The Morgan fingerprint density at radius 2 is 0.925 bits per heavy atom. The first-order chi connectivity index (χ1) is 18.8. The van der Waals surface area contributed by atoms with Crippen LogP contribution in [-0.4, -0.2) is 42.9 Å². The quantitative estimate of drug-likeness (QED) is 0.0557. The number of carbonyl (C=O) groups excluding carboxylic acids is 1. The molecule has 0 aromatic carbocycles. The van der Waals surface area contributed by atoms with E-state index in [0.29, 0.717) is 12.8 Å². The van der Waals surface area contributed by atoms with Gasteiger partial charge in [-0.15, -0.1) is 0 Å². The van der Waals surface area contributed by atoms with Crippen LogP contribution in [0.1, 0.15) is 149 Å². The van der Waals surface area contributed by atoms with Crippen molar-refractivity contribution in [3.05, 3.63) is 0 Å². The predicted molar refractivity (Wildman–Crippen MR) is 153 cm³/mol. The summed E-state index contributed by atoms with van der Waals surface area (Å²) in [6.07, 6.45) is 26.6. The number of carboxylic acids is 1. The fraction of sp³-hybridized carbons (Fsp3) is 0.967. The Morgan fingerprint density at radius 3 is 1.25 bits per heavy atom. The third kappa shape index (κ3) is 20.3. The zero-order valence-electron chi connectivity index (χ0n) is 25.5. The van der Waals surface area contributed by atoms with Gasteiger partial charge in [-0.05, 0) is 12.8 Å². The van der Waals surface area contributed by atoms with Crippen molar-refractivity contribution in [3.63, 3.8) is 0 Å². The molecule has 40 heavy (non-hydrogen) atoms. The van der Waals surface area contributed by atoms with Crippen LogP contribution in [0.4, 0.5) is 26.3 Å². The summed E-state index contributed by atoms with van der Waals surface area (Å²) >= 11 is 0.166. The Labute approximate surface area is 243 Å². The van der Waals surface area contributed by atoms with Crippen molar-refractivity contribution in [2.75, 3.05) is 19.1 Å². The van der Waals surface area contributed by atoms with E-state index >= 15 is 0 Å². The highest BCUT2D eigenvalue weighted by Gasteiger charge is 2.71. The summed E-state index contributed by atoms with van der Waals surface area (Å²) in [4.78, 5) is 9.82. The molecule has 3 nitrogen and oxygen atoms in total. The van der Waals surface area contributed by atoms with Crippen molar-refractivity contribution in [2.24, 2.45) is 0 Å².